The second-order valence-electron chi connectivity index (χ2n) is 5.28. The predicted molar refractivity (Wildman–Crippen MR) is 79.4 cm³/mol. The van der Waals surface area contributed by atoms with Crippen molar-refractivity contribution in [2.75, 3.05) is 14.1 Å². The van der Waals surface area contributed by atoms with Gasteiger partial charge in [-0.05, 0) is 26.9 Å². The number of hydrogen-bond donors (Lipinski definition) is 2. The first-order valence-corrected chi connectivity index (χ1v) is 8.87. The Kier molecular flexibility index (Phi) is 12.7. The van der Waals surface area contributed by atoms with Gasteiger partial charge in [-0.15, -0.1) is 0 Å². The zero-order valence-electron chi connectivity index (χ0n) is 13.7. The fourth-order valence-electron chi connectivity index (χ4n) is 1.69. The van der Waals surface area contributed by atoms with Gasteiger partial charge in [-0.1, -0.05) is 32.1 Å². The summed E-state index contributed by atoms with van der Waals surface area (Å²) in [6.45, 7) is 0. The minimum Gasteiger partial charge on any atom is -0.323 e. The highest BCUT2D eigenvalue weighted by Gasteiger charge is 2.52. The molecule has 24 heavy (non-hydrogen) atoms. The van der Waals surface area contributed by atoms with E-state index < -0.39 is 40.6 Å². The third kappa shape index (κ3) is 12.8. The summed E-state index contributed by atoms with van der Waals surface area (Å²) in [5.74, 6) is 0. The molecular weight excluding hydrogens is 364 g/mol. The maximum atomic E-state index is 13.0. The fourth-order valence-corrected chi connectivity index (χ4v) is 2.13. The molecule has 0 aromatic carbocycles. The highest BCUT2D eigenvalue weighted by atomic mass is 32.2. The lowest BCUT2D eigenvalue weighted by Crippen LogP contribution is -2.38. The Morgan fingerprint density at radius 1 is 0.917 bits per heavy atom. The zero-order valence-corrected chi connectivity index (χ0v) is 14.5. The Morgan fingerprint density at radius 2 is 1.29 bits per heavy atom. The quantitative estimate of drug-likeness (QED) is 0.332. The van der Waals surface area contributed by atoms with Crippen molar-refractivity contribution in [2.45, 2.75) is 69.0 Å². The molecule has 0 aliphatic carbocycles. The Balaban J connectivity index is 0. The third-order valence-electron chi connectivity index (χ3n) is 2.88. The molecule has 0 aliphatic heterocycles. The van der Waals surface area contributed by atoms with Gasteiger partial charge in [0.2, 0.25) is 0 Å². The van der Waals surface area contributed by atoms with Crippen LogP contribution in [0, 0.1) is 0 Å². The molecule has 0 aliphatic rings. The van der Waals surface area contributed by atoms with Crippen molar-refractivity contribution in [2.24, 2.45) is 0 Å². The molecule has 2 N–H and O–H groups in total. The van der Waals surface area contributed by atoms with Crippen LogP contribution in [0.15, 0.2) is 0 Å². The van der Waals surface area contributed by atoms with Gasteiger partial charge in [0.25, 0.3) is 0 Å². The summed E-state index contributed by atoms with van der Waals surface area (Å²) in [5.41, 5.74) is 0. The van der Waals surface area contributed by atoms with E-state index in [4.69, 9.17) is 4.55 Å². The topological polar surface area (TPSA) is 66.4 Å². The summed E-state index contributed by atoms with van der Waals surface area (Å²) in [6.07, 6.45) is -7.32. The van der Waals surface area contributed by atoms with Crippen LogP contribution in [0.3, 0.4) is 0 Å². The average Bonchev–Trinajstić information content (AvgIpc) is 2.39. The van der Waals surface area contributed by atoms with Crippen LogP contribution in [0.5, 0.6) is 0 Å². The van der Waals surface area contributed by atoms with Gasteiger partial charge >= 0.3 is 21.5 Å². The number of alkyl halides is 6. The minimum absolute atomic E-state index is 0.0178. The van der Waals surface area contributed by atoms with Gasteiger partial charge in [0, 0.05) is 6.42 Å². The molecule has 0 aromatic heterocycles. The van der Waals surface area contributed by atoms with Crippen molar-refractivity contribution in [3.05, 3.63) is 0 Å². The summed E-state index contributed by atoms with van der Waals surface area (Å²) < 4.78 is 103. The molecule has 0 spiro atoms. The number of hydrogen-bond acceptors (Lipinski definition) is 3. The van der Waals surface area contributed by atoms with E-state index in [-0.39, 0.29) is 12.8 Å². The SMILES string of the molecule is CNC.O=S(=O)(O)C(F)(F)C(F)CCCCCCCCC(F)(F)F. The Hall–Kier alpha value is -0.550. The van der Waals surface area contributed by atoms with Crippen molar-refractivity contribution in [1.82, 2.24) is 5.32 Å². The van der Waals surface area contributed by atoms with Crippen molar-refractivity contribution >= 4 is 10.1 Å². The van der Waals surface area contributed by atoms with Gasteiger partial charge in [0.05, 0.1) is 0 Å². The molecule has 0 amide bonds. The molecule has 11 heteroatoms. The van der Waals surface area contributed by atoms with Gasteiger partial charge in [-0.3, -0.25) is 4.55 Å². The van der Waals surface area contributed by atoms with Crippen LogP contribution in [0.2, 0.25) is 0 Å². The fraction of sp³-hybridized carbons (Fsp3) is 1.00. The lowest BCUT2D eigenvalue weighted by atomic mass is 10.1. The maximum Gasteiger partial charge on any atom is 0.400 e. The molecular formula is C13H25F6NO3S. The number of halogens is 6. The Morgan fingerprint density at radius 3 is 1.67 bits per heavy atom. The van der Waals surface area contributed by atoms with Crippen LogP contribution in [0.25, 0.3) is 0 Å². The second-order valence-corrected chi connectivity index (χ2v) is 6.77. The van der Waals surface area contributed by atoms with Crippen LogP contribution in [0.4, 0.5) is 26.3 Å². The van der Waals surface area contributed by atoms with Gasteiger partial charge in [0.1, 0.15) is 0 Å². The van der Waals surface area contributed by atoms with Crippen molar-refractivity contribution in [1.29, 1.82) is 0 Å². The first-order chi connectivity index (χ1) is 10.8. The molecule has 0 fully saturated rings. The van der Waals surface area contributed by atoms with Gasteiger partial charge in [-0.25, -0.2) is 4.39 Å². The summed E-state index contributed by atoms with van der Waals surface area (Å²) in [4.78, 5) is 0. The summed E-state index contributed by atoms with van der Waals surface area (Å²) in [7, 11) is -2.04. The van der Waals surface area contributed by atoms with Crippen molar-refractivity contribution in [3.8, 4) is 0 Å². The molecule has 0 radical (unpaired) electrons. The highest BCUT2D eigenvalue weighted by molar-refractivity contribution is 7.86. The van der Waals surface area contributed by atoms with E-state index in [1.807, 2.05) is 14.1 Å². The minimum atomic E-state index is -5.79. The lowest BCUT2D eigenvalue weighted by molar-refractivity contribution is -0.135. The molecule has 0 rings (SSSR count). The lowest BCUT2D eigenvalue weighted by Gasteiger charge is -2.17. The molecule has 0 aromatic rings. The van der Waals surface area contributed by atoms with E-state index in [1.54, 1.807) is 0 Å². The normalized spacial score (nSPS) is 14.0. The van der Waals surface area contributed by atoms with Crippen LogP contribution in [-0.2, 0) is 10.1 Å². The number of rotatable bonds is 10. The second kappa shape index (κ2) is 11.9. The van der Waals surface area contributed by atoms with Gasteiger partial charge in [0.15, 0.2) is 6.17 Å². The summed E-state index contributed by atoms with van der Waals surface area (Å²) >= 11 is 0. The first kappa shape index (κ1) is 25.7. The van der Waals surface area contributed by atoms with E-state index in [0.717, 1.165) is 0 Å². The van der Waals surface area contributed by atoms with E-state index in [0.29, 0.717) is 25.7 Å². The number of unbranched alkanes of at least 4 members (excludes halogenated alkanes) is 5. The predicted octanol–water partition coefficient (Wildman–Crippen LogP) is 4.32. The molecule has 0 heterocycles. The standard InChI is InChI=1S/C11H18F6O3S.C2H7N/c12-9(11(16,17)21(18,19)20)7-5-3-1-2-4-6-8-10(13,14)15;1-3-2/h9H,1-8H2,(H,18,19,20);3H,1-2H3. The Labute approximate surface area is 138 Å². The van der Waals surface area contributed by atoms with E-state index in [9.17, 15) is 34.8 Å². The van der Waals surface area contributed by atoms with E-state index in [1.165, 1.54) is 0 Å². The third-order valence-corrected chi connectivity index (χ3v) is 3.82. The molecule has 1 atom stereocenters. The largest absolute Gasteiger partial charge is 0.400 e. The molecule has 1 unspecified atom stereocenters. The van der Waals surface area contributed by atoms with Crippen LogP contribution < -0.4 is 5.32 Å². The molecule has 0 saturated heterocycles. The molecule has 4 nitrogen and oxygen atoms in total. The summed E-state index contributed by atoms with van der Waals surface area (Å²) in [6, 6.07) is 0. The molecule has 0 saturated carbocycles. The maximum absolute atomic E-state index is 13.0. The van der Waals surface area contributed by atoms with Crippen molar-refractivity contribution < 1.29 is 39.3 Å². The molecule has 148 valence electrons. The van der Waals surface area contributed by atoms with Crippen LogP contribution >= 0.6 is 0 Å². The first-order valence-electron chi connectivity index (χ1n) is 7.43. The van der Waals surface area contributed by atoms with E-state index in [2.05, 4.69) is 5.32 Å². The smallest absolute Gasteiger partial charge is 0.323 e. The monoisotopic (exact) mass is 389 g/mol. The van der Waals surface area contributed by atoms with Crippen LogP contribution in [-0.4, -0.2) is 44.7 Å². The van der Waals surface area contributed by atoms with E-state index >= 15 is 0 Å². The Bertz CT molecular complexity index is 414. The van der Waals surface area contributed by atoms with Gasteiger partial charge in [-0.2, -0.15) is 30.4 Å². The zero-order chi connectivity index (χ0) is 19.4. The highest BCUT2D eigenvalue weighted by Crippen LogP contribution is 2.30. The number of nitrogens with one attached hydrogen (secondary N) is 1. The van der Waals surface area contributed by atoms with Gasteiger partial charge < -0.3 is 5.32 Å². The average molecular weight is 389 g/mol. The molecule has 0 bridgehead atoms. The summed E-state index contributed by atoms with van der Waals surface area (Å²) in [5, 5.41) is -2.08. The van der Waals surface area contributed by atoms with Crippen LogP contribution in [0.1, 0.15) is 51.4 Å². The van der Waals surface area contributed by atoms with Crippen molar-refractivity contribution in [3.63, 3.8) is 0 Å².